The molecule has 0 aliphatic rings. The average molecular weight is 260 g/mol. The molecule has 3 nitrogen and oxygen atoms in total. The van der Waals surface area contributed by atoms with E-state index in [-0.39, 0.29) is 0 Å². The van der Waals surface area contributed by atoms with Gasteiger partial charge >= 0.3 is 0 Å². The van der Waals surface area contributed by atoms with Crippen LogP contribution in [0.4, 0.5) is 5.69 Å². The minimum Gasteiger partial charge on any atom is -0.480 e. The normalized spacial score (nSPS) is 10.4. The van der Waals surface area contributed by atoms with Crippen molar-refractivity contribution in [1.82, 2.24) is 4.98 Å². The van der Waals surface area contributed by atoms with Gasteiger partial charge in [-0.3, -0.25) is 0 Å². The van der Waals surface area contributed by atoms with Crippen molar-refractivity contribution in [2.75, 3.05) is 12.8 Å². The first-order valence-electron chi connectivity index (χ1n) is 5.66. The molecule has 0 radical (unpaired) electrons. The Bertz CT molecular complexity index is 570. The number of nitrogens with zero attached hydrogens (tertiary/aromatic N) is 1. The Morgan fingerprint density at radius 1 is 1.11 bits per heavy atom. The molecule has 0 fully saturated rings. The number of ether oxygens (including phenoxy) is 1. The van der Waals surface area contributed by atoms with Gasteiger partial charge in [-0.15, -0.1) is 0 Å². The molecule has 0 saturated carbocycles. The first-order chi connectivity index (χ1) is 8.60. The molecule has 18 heavy (non-hydrogen) atoms. The maximum absolute atomic E-state index is 5.74. The second-order valence-electron chi connectivity index (χ2n) is 4.10. The molecule has 0 atom stereocenters. The number of nitrogen functional groups attached to an aromatic ring is 1. The molecule has 1 aromatic heterocycles. The predicted octanol–water partition coefficient (Wildman–Crippen LogP) is 3.44. The molecule has 0 saturated heterocycles. The number of nitrogens with two attached hydrogens (primary N) is 1. The van der Waals surface area contributed by atoms with Crippen molar-refractivity contribution < 1.29 is 4.74 Å². The number of aryl methyl sites for hydroxylation is 2. The van der Waals surface area contributed by atoms with Crippen LogP contribution in [0.2, 0.25) is 0 Å². The highest BCUT2D eigenvalue weighted by Gasteiger charge is 2.05. The smallest absolute Gasteiger partial charge is 0.237 e. The zero-order valence-electron chi connectivity index (χ0n) is 10.7. The van der Waals surface area contributed by atoms with E-state index in [0.717, 1.165) is 9.92 Å². The van der Waals surface area contributed by atoms with Gasteiger partial charge in [0.15, 0.2) is 0 Å². The van der Waals surface area contributed by atoms with Crippen LogP contribution in [0.15, 0.2) is 40.3 Å². The summed E-state index contributed by atoms with van der Waals surface area (Å²) in [6.45, 7) is 4.21. The average Bonchev–Trinajstić information content (AvgIpc) is 2.36. The van der Waals surface area contributed by atoms with Crippen molar-refractivity contribution in [2.45, 2.75) is 23.8 Å². The molecule has 0 aliphatic heterocycles. The van der Waals surface area contributed by atoms with Crippen LogP contribution in [0.5, 0.6) is 5.88 Å². The second-order valence-corrected chi connectivity index (χ2v) is 5.19. The number of hydrogen-bond donors (Lipinski definition) is 1. The number of anilines is 1. The predicted molar refractivity (Wildman–Crippen MR) is 75.2 cm³/mol. The Balaban J connectivity index is 2.25. The van der Waals surface area contributed by atoms with Gasteiger partial charge in [0.2, 0.25) is 5.88 Å². The van der Waals surface area contributed by atoms with Gasteiger partial charge in [-0.25, -0.2) is 4.98 Å². The summed E-state index contributed by atoms with van der Waals surface area (Å²) in [6.07, 6.45) is 0. The zero-order valence-corrected chi connectivity index (χ0v) is 11.5. The fourth-order valence-corrected chi connectivity index (χ4v) is 2.43. The van der Waals surface area contributed by atoms with Crippen LogP contribution in [0.1, 0.15) is 11.1 Å². The van der Waals surface area contributed by atoms with Crippen molar-refractivity contribution in [3.63, 3.8) is 0 Å². The molecule has 0 unspecified atom stereocenters. The summed E-state index contributed by atoms with van der Waals surface area (Å²) < 4.78 is 5.12. The van der Waals surface area contributed by atoms with Gasteiger partial charge in [-0.05, 0) is 49.2 Å². The lowest BCUT2D eigenvalue weighted by atomic mass is 10.1. The molecule has 0 amide bonds. The molecular weight excluding hydrogens is 244 g/mol. The quantitative estimate of drug-likeness (QED) is 0.918. The van der Waals surface area contributed by atoms with E-state index in [1.54, 1.807) is 18.9 Å². The topological polar surface area (TPSA) is 48.1 Å². The van der Waals surface area contributed by atoms with E-state index in [2.05, 4.69) is 37.0 Å². The first-order valence-corrected chi connectivity index (χ1v) is 6.47. The largest absolute Gasteiger partial charge is 0.480 e. The number of benzene rings is 1. The summed E-state index contributed by atoms with van der Waals surface area (Å²) in [4.78, 5) is 5.52. The highest BCUT2D eigenvalue weighted by Crippen LogP contribution is 2.30. The molecule has 94 valence electrons. The van der Waals surface area contributed by atoms with Gasteiger partial charge in [0, 0.05) is 4.90 Å². The summed E-state index contributed by atoms with van der Waals surface area (Å²) in [5.74, 6) is 0.476. The zero-order chi connectivity index (χ0) is 13.1. The van der Waals surface area contributed by atoms with Crippen molar-refractivity contribution in [3.05, 3.63) is 41.5 Å². The van der Waals surface area contributed by atoms with Gasteiger partial charge in [-0.2, -0.15) is 0 Å². The van der Waals surface area contributed by atoms with Crippen molar-refractivity contribution in [2.24, 2.45) is 0 Å². The second kappa shape index (κ2) is 5.31. The maximum Gasteiger partial charge on any atom is 0.237 e. The number of methoxy groups -OCH3 is 1. The molecule has 0 aliphatic carbocycles. The molecule has 2 aromatic rings. The number of aromatic nitrogens is 1. The van der Waals surface area contributed by atoms with Crippen molar-refractivity contribution in [1.29, 1.82) is 0 Å². The molecule has 4 heteroatoms. The van der Waals surface area contributed by atoms with Crippen LogP contribution in [0, 0.1) is 13.8 Å². The standard InChI is InChI=1S/C14H16N2OS/c1-9-4-5-11(8-10(9)2)18-13-7-6-12(15)14(16-13)17-3/h4-8H,15H2,1-3H3. The molecule has 0 bridgehead atoms. The minimum atomic E-state index is 0.476. The fourth-order valence-electron chi connectivity index (χ4n) is 1.55. The Morgan fingerprint density at radius 2 is 1.89 bits per heavy atom. The van der Waals surface area contributed by atoms with Crippen molar-refractivity contribution >= 4 is 17.4 Å². The van der Waals surface area contributed by atoms with E-state index >= 15 is 0 Å². The van der Waals surface area contributed by atoms with Crippen LogP contribution in [-0.4, -0.2) is 12.1 Å². The van der Waals surface area contributed by atoms with Gasteiger partial charge in [0.25, 0.3) is 0 Å². The molecule has 1 heterocycles. The molecule has 0 spiro atoms. The highest BCUT2D eigenvalue weighted by molar-refractivity contribution is 7.99. The maximum atomic E-state index is 5.74. The van der Waals surface area contributed by atoms with Gasteiger partial charge < -0.3 is 10.5 Å². The van der Waals surface area contributed by atoms with Crippen molar-refractivity contribution in [3.8, 4) is 5.88 Å². The molecule has 2 N–H and O–H groups in total. The Labute approximate surface area is 111 Å². The van der Waals surface area contributed by atoms with E-state index in [0.29, 0.717) is 11.6 Å². The summed E-state index contributed by atoms with van der Waals surface area (Å²) in [6, 6.07) is 10.1. The Morgan fingerprint density at radius 3 is 2.56 bits per heavy atom. The fraction of sp³-hybridized carbons (Fsp3) is 0.214. The number of rotatable bonds is 3. The van der Waals surface area contributed by atoms with E-state index in [1.165, 1.54) is 11.1 Å². The van der Waals surface area contributed by atoms with Gasteiger partial charge in [0.05, 0.1) is 12.8 Å². The highest BCUT2D eigenvalue weighted by atomic mass is 32.2. The molecular formula is C14H16N2OS. The van der Waals surface area contributed by atoms with Gasteiger partial charge in [-0.1, -0.05) is 17.8 Å². The number of hydrogen-bond acceptors (Lipinski definition) is 4. The Hall–Kier alpha value is -1.68. The van der Waals surface area contributed by atoms with Crippen LogP contribution in [-0.2, 0) is 0 Å². The van der Waals surface area contributed by atoms with Crippen LogP contribution in [0.3, 0.4) is 0 Å². The minimum absolute atomic E-state index is 0.476. The van der Waals surface area contributed by atoms with Crippen LogP contribution < -0.4 is 10.5 Å². The summed E-state index contributed by atoms with van der Waals surface area (Å²) >= 11 is 1.60. The third kappa shape index (κ3) is 2.76. The third-order valence-electron chi connectivity index (χ3n) is 2.76. The SMILES string of the molecule is COc1nc(Sc2ccc(C)c(C)c2)ccc1N. The number of pyridine rings is 1. The summed E-state index contributed by atoms with van der Waals surface area (Å²) in [5, 5.41) is 0.879. The van der Waals surface area contributed by atoms with E-state index in [9.17, 15) is 0 Å². The Kier molecular flexibility index (Phi) is 3.77. The summed E-state index contributed by atoms with van der Waals surface area (Å²) in [7, 11) is 1.57. The third-order valence-corrected chi connectivity index (χ3v) is 3.68. The first kappa shape index (κ1) is 12.8. The van der Waals surface area contributed by atoms with E-state index < -0.39 is 0 Å². The van der Waals surface area contributed by atoms with E-state index in [4.69, 9.17) is 10.5 Å². The molecule has 1 aromatic carbocycles. The summed E-state index contributed by atoms with van der Waals surface area (Å²) in [5.41, 5.74) is 8.87. The lowest BCUT2D eigenvalue weighted by Gasteiger charge is -2.07. The lowest BCUT2D eigenvalue weighted by Crippen LogP contribution is -1.95. The molecule has 2 rings (SSSR count). The van der Waals surface area contributed by atoms with Crippen LogP contribution in [0.25, 0.3) is 0 Å². The van der Waals surface area contributed by atoms with Crippen LogP contribution >= 0.6 is 11.8 Å². The monoisotopic (exact) mass is 260 g/mol. The van der Waals surface area contributed by atoms with E-state index in [1.807, 2.05) is 12.1 Å². The lowest BCUT2D eigenvalue weighted by molar-refractivity contribution is 0.397. The van der Waals surface area contributed by atoms with Gasteiger partial charge in [0.1, 0.15) is 5.03 Å².